The molecule has 0 fully saturated rings. The Hall–Kier alpha value is -1.54. The minimum Gasteiger partial charge on any atom is -0.548 e. The number of fused-ring (bicyclic) bond motifs is 1. The topological polar surface area (TPSA) is 9.23 Å². The van der Waals surface area contributed by atoms with E-state index in [2.05, 4.69) is 68.2 Å². The molecule has 2 aromatic rings. The van der Waals surface area contributed by atoms with Crippen molar-refractivity contribution in [2.45, 2.75) is 44.8 Å². The summed E-state index contributed by atoms with van der Waals surface area (Å²) in [5.74, 6) is 1.72. The van der Waals surface area contributed by atoms with Crippen LogP contribution in [0.15, 0.2) is 54.3 Å². The number of allylic oxidation sites excluding steroid dienone is 2. The van der Waals surface area contributed by atoms with Gasteiger partial charge in [0.05, 0.1) is 5.76 Å². The highest BCUT2D eigenvalue weighted by atomic mass is 28.4. The van der Waals surface area contributed by atoms with Crippen LogP contribution in [0.3, 0.4) is 0 Å². The summed E-state index contributed by atoms with van der Waals surface area (Å²) in [7, 11) is -1.50. The molecule has 0 saturated heterocycles. The van der Waals surface area contributed by atoms with Gasteiger partial charge in [-0.2, -0.15) is 0 Å². The van der Waals surface area contributed by atoms with Crippen molar-refractivity contribution >= 4 is 19.1 Å². The summed E-state index contributed by atoms with van der Waals surface area (Å²) in [4.78, 5) is 0. The second kappa shape index (κ2) is 5.68. The third-order valence-electron chi connectivity index (χ3n) is 3.99. The van der Waals surface area contributed by atoms with Gasteiger partial charge in [-0.25, -0.2) is 0 Å². The van der Waals surface area contributed by atoms with E-state index in [1.807, 2.05) is 0 Å². The highest BCUT2D eigenvalue weighted by Gasteiger charge is 2.22. The normalized spacial score (nSPS) is 19.4. The molecular weight excluding hydrogens is 272 g/mol. The van der Waals surface area contributed by atoms with E-state index >= 15 is 0 Å². The van der Waals surface area contributed by atoms with E-state index in [0.717, 1.165) is 6.42 Å². The molecule has 2 heteroatoms. The van der Waals surface area contributed by atoms with Gasteiger partial charge in [0.15, 0.2) is 0 Å². The van der Waals surface area contributed by atoms with Crippen LogP contribution in [-0.4, -0.2) is 8.32 Å². The summed E-state index contributed by atoms with van der Waals surface area (Å²) in [6, 6.07) is 15.3. The third-order valence-corrected chi connectivity index (χ3v) is 4.86. The van der Waals surface area contributed by atoms with E-state index in [1.54, 1.807) is 0 Å². The molecule has 0 aromatic heterocycles. The molecule has 1 atom stereocenters. The van der Waals surface area contributed by atoms with Gasteiger partial charge in [0.1, 0.15) is 0 Å². The zero-order chi connectivity index (χ0) is 14.9. The van der Waals surface area contributed by atoms with Crippen LogP contribution in [-0.2, 0) is 4.43 Å². The fraction of sp³-hybridized carbons (Fsp3) is 0.368. The largest absolute Gasteiger partial charge is 0.548 e. The van der Waals surface area contributed by atoms with E-state index < -0.39 is 8.32 Å². The summed E-state index contributed by atoms with van der Waals surface area (Å²) >= 11 is 0. The fourth-order valence-corrected chi connectivity index (χ4v) is 4.14. The first-order valence-electron chi connectivity index (χ1n) is 7.90. The van der Waals surface area contributed by atoms with Gasteiger partial charge in [-0.3, -0.25) is 0 Å². The smallest absolute Gasteiger partial charge is 0.241 e. The third kappa shape index (κ3) is 3.38. The van der Waals surface area contributed by atoms with Gasteiger partial charge in [0.25, 0.3) is 0 Å². The Balaban J connectivity index is 1.97. The molecule has 0 bridgehead atoms. The highest BCUT2D eigenvalue weighted by Crippen LogP contribution is 2.36. The monoisotopic (exact) mass is 296 g/mol. The average molecular weight is 296 g/mol. The van der Waals surface area contributed by atoms with Crippen LogP contribution >= 0.6 is 0 Å². The standard InChI is InChI=1S/C19H24OSi/c1-21(2,3)20-17-11-6-10-16(14-17)19-13-7-9-15-8-4-5-12-18(15)19/h4-5,7-9,12-14,16H,6,10-11H2,1-3H3. The maximum atomic E-state index is 6.24. The minimum atomic E-state index is -1.50. The molecule has 1 aliphatic carbocycles. The molecule has 110 valence electrons. The first-order chi connectivity index (χ1) is 10.0. The van der Waals surface area contributed by atoms with Crippen molar-refractivity contribution in [3.63, 3.8) is 0 Å². The Morgan fingerprint density at radius 1 is 1.00 bits per heavy atom. The second-order valence-corrected chi connectivity index (χ2v) is 11.3. The van der Waals surface area contributed by atoms with E-state index in [-0.39, 0.29) is 0 Å². The lowest BCUT2D eigenvalue weighted by Gasteiger charge is -2.28. The van der Waals surface area contributed by atoms with Crippen LogP contribution in [0, 0.1) is 0 Å². The zero-order valence-corrected chi connectivity index (χ0v) is 14.2. The number of rotatable bonds is 3. The van der Waals surface area contributed by atoms with Gasteiger partial charge in [0.2, 0.25) is 8.32 Å². The van der Waals surface area contributed by atoms with Crippen molar-refractivity contribution in [3.8, 4) is 0 Å². The SMILES string of the molecule is C[Si](C)(C)OC1=CC(c2cccc3ccccc23)CCC1. The second-order valence-electron chi connectivity index (χ2n) is 6.91. The van der Waals surface area contributed by atoms with Gasteiger partial charge in [-0.1, -0.05) is 42.5 Å². The fourth-order valence-electron chi connectivity index (χ4n) is 3.18. The molecule has 2 aromatic carbocycles. The van der Waals surface area contributed by atoms with E-state index in [4.69, 9.17) is 4.43 Å². The molecule has 1 unspecified atom stereocenters. The molecule has 0 saturated carbocycles. The van der Waals surface area contributed by atoms with Gasteiger partial charge in [0, 0.05) is 12.3 Å². The summed E-state index contributed by atoms with van der Waals surface area (Å²) in [6.07, 6.45) is 5.94. The Bertz CT molecular complexity index is 661. The van der Waals surface area contributed by atoms with Crippen LogP contribution in [0.4, 0.5) is 0 Å². The molecule has 3 rings (SSSR count). The predicted molar refractivity (Wildman–Crippen MR) is 93.1 cm³/mol. The van der Waals surface area contributed by atoms with Gasteiger partial charge in [-0.15, -0.1) is 0 Å². The Labute approximate surface area is 128 Å². The lowest BCUT2D eigenvalue weighted by atomic mass is 9.86. The summed E-state index contributed by atoms with van der Waals surface area (Å²) in [5.41, 5.74) is 1.45. The Kier molecular flexibility index (Phi) is 3.90. The van der Waals surface area contributed by atoms with Crippen molar-refractivity contribution in [1.29, 1.82) is 0 Å². The van der Waals surface area contributed by atoms with Crippen molar-refractivity contribution < 1.29 is 4.43 Å². The molecular formula is C19H24OSi. The summed E-state index contributed by atoms with van der Waals surface area (Å²) in [5, 5.41) is 2.72. The van der Waals surface area contributed by atoms with Gasteiger partial charge >= 0.3 is 0 Å². The van der Waals surface area contributed by atoms with Crippen molar-refractivity contribution in [3.05, 3.63) is 59.9 Å². The molecule has 0 amide bonds. The number of benzene rings is 2. The quantitative estimate of drug-likeness (QED) is 0.646. The molecule has 0 N–H and O–H groups in total. The van der Waals surface area contributed by atoms with Crippen LogP contribution in [0.2, 0.25) is 19.6 Å². The Morgan fingerprint density at radius 2 is 1.76 bits per heavy atom. The first kappa shape index (κ1) is 14.4. The van der Waals surface area contributed by atoms with Crippen LogP contribution < -0.4 is 0 Å². The van der Waals surface area contributed by atoms with Crippen LogP contribution in [0.5, 0.6) is 0 Å². The molecule has 1 nitrogen and oxygen atoms in total. The Morgan fingerprint density at radius 3 is 2.57 bits per heavy atom. The minimum absolute atomic E-state index is 0.496. The van der Waals surface area contributed by atoms with Gasteiger partial charge < -0.3 is 4.43 Å². The molecule has 21 heavy (non-hydrogen) atoms. The molecule has 0 aliphatic heterocycles. The lowest BCUT2D eigenvalue weighted by molar-refractivity contribution is 0.373. The van der Waals surface area contributed by atoms with E-state index in [1.165, 1.54) is 34.9 Å². The average Bonchev–Trinajstić information content (AvgIpc) is 2.45. The first-order valence-corrected chi connectivity index (χ1v) is 11.3. The number of hydrogen-bond donors (Lipinski definition) is 0. The van der Waals surface area contributed by atoms with E-state index in [0.29, 0.717) is 5.92 Å². The molecule has 0 radical (unpaired) electrons. The highest BCUT2D eigenvalue weighted by molar-refractivity contribution is 6.70. The molecule has 0 spiro atoms. The lowest BCUT2D eigenvalue weighted by Crippen LogP contribution is -2.25. The molecule has 1 aliphatic rings. The maximum Gasteiger partial charge on any atom is 0.241 e. The van der Waals surface area contributed by atoms with E-state index in [9.17, 15) is 0 Å². The molecule has 0 heterocycles. The summed E-state index contributed by atoms with van der Waals surface area (Å²) < 4.78 is 6.24. The van der Waals surface area contributed by atoms with Crippen molar-refractivity contribution in [2.24, 2.45) is 0 Å². The van der Waals surface area contributed by atoms with Crippen molar-refractivity contribution in [2.75, 3.05) is 0 Å². The van der Waals surface area contributed by atoms with Crippen LogP contribution in [0.1, 0.15) is 30.7 Å². The maximum absolute atomic E-state index is 6.24. The zero-order valence-electron chi connectivity index (χ0n) is 13.2. The predicted octanol–water partition coefficient (Wildman–Crippen LogP) is 5.84. The van der Waals surface area contributed by atoms with Crippen molar-refractivity contribution in [1.82, 2.24) is 0 Å². The number of hydrogen-bond acceptors (Lipinski definition) is 1. The van der Waals surface area contributed by atoms with Gasteiger partial charge in [-0.05, 0) is 54.9 Å². The summed E-state index contributed by atoms with van der Waals surface area (Å²) in [6.45, 7) is 6.78. The van der Waals surface area contributed by atoms with Crippen LogP contribution in [0.25, 0.3) is 10.8 Å².